The molecule has 0 amide bonds. The third-order valence-electron chi connectivity index (χ3n) is 3.28. The maximum Gasteiger partial charge on any atom is 0.122 e. The summed E-state index contributed by atoms with van der Waals surface area (Å²) >= 11 is 6.10. The lowest BCUT2D eigenvalue weighted by molar-refractivity contribution is 0.264. The van der Waals surface area contributed by atoms with E-state index in [1.807, 2.05) is 6.07 Å². The topological polar surface area (TPSA) is 21.3 Å². The van der Waals surface area contributed by atoms with E-state index in [-0.39, 0.29) is 5.38 Å². The average Bonchev–Trinajstić information content (AvgIpc) is 2.39. The minimum Gasteiger partial charge on any atom is -0.493 e. The van der Waals surface area contributed by atoms with Gasteiger partial charge in [0, 0.05) is 24.4 Å². The summed E-state index contributed by atoms with van der Waals surface area (Å²) in [6.07, 6.45) is 2.10. The first-order chi connectivity index (χ1) is 8.31. The first-order valence-corrected chi connectivity index (χ1v) is 6.81. The van der Waals surface area contributed by atoms with Crippen LogP contribution in [0.1, 0.15) is 31.2 Å². The number of nitrogens with one attached hydrogen (secondary N) is 1. The molecule has 0 saturated heterocycles. The van der Waals surface area contributed by atoms with E-state index in [0.29, 0.717) is 5.92 Å². The Kier molecular flexibility index (Phi) is 4.69. The Labute approximate surface area is 108 Å². The molecule has 1 heterocycles. The maximum absolute atomic E-state index is 6.10. The van der Waals surface area contributed by atoms with Crippen molar-refractivity contribution in [2.24, 2.45) is 0 Å². The van der Waals surface area contributed by atoms with Crippen molar-refractivity contribution >= 4 is 11.6 Å². The average molecular weight is 254 g/mol. The van der Waals surface area contributed by atoms with Crippen LogP contribution < -0.4 is 10.1 Å². The summed E-state index contributed by atoms with van der Waals surface area (Å²) in [5.74, 6) is 1.60. The zero-order chi connectivity index (χ0) is 12.1. The van der Waals surface area contributed by atoms with Crippen molar-refractivity contribution in [3.8, 4) is 5.75 Å². The molecule has 0 fully saturated rings. The fraction of sp³-hybridized carbons (Fsp3) is 0.571. The molecule has 0 saturated carbocycles. The summed E-state index contributed by atoms with van der Waals surface area (Å²) < 4.78 is 5.65. The number of para-hydroxylation sites is 1. The van der Waals surface area contributed by atoms with Gasteiger partial charge in [0.2, 0.25) is 0 Å². The van der Waals surface area contributed by atoms with Gasteiger partial charge in [0.15, 0.2) is 0 Å². The van der Waals surface area contributed by atoms with Gasteiger partial charge in [-0.1, -0.05) is 25.1 Å². The molecule has 0 bridgehead atoms. The molecule has 2 unspecified atom stereocenters. The number of benzene rings is 1. The van der Waals surface area contributed by atoms with Crippen LogP contribution in [0.5, 0.6) is 5.75 Å². The predicted molar refractivity (Wildman–Crippen MR) is 72.1 cm³/mol. The Bertz CT molecular complexity index is 356. The van der Waals surface area contributed by atoms with E-state index < -0.39 is 0 Å². The highest BCUT2D eigenvalue weighted by Crippen LogP contribution is 2.32. The van der Waals surface area contributed by atoms with Crippen LogP contribution in [-0.4, -0.2) is 25.1 Å². The molecule has 0 aliphatic carbocycles. The number of hydrogen-bond acceptors (Lipinski definition) is 2. The molecule has 3 heteroatoms. The standard InChI is InChI=1S/C14H20ClNO/c1-2-12(15)10-16-9-11-7-8-17-14-6-4-3-5-13(11)14/h3-6,11-12,16H,2,7-10H2,1H3. The number of halogens is 1. The van der Waals surface area contributed by atoms with Gasteiger partial charge in [0.05, 0.1) is 6.61 Å². The van der Waals surface area contributed by atoms with Gasteiger partial charge >= 0.3 is 0 Å². The Hall–Kier alpha value is -0.730. The number of ether oxygens (including phenoxy) is 1. The molecule has 0 radical (unpaired) electrons. The van der Waals surface area contributed by atoms with E-state index in [9.17, 15) is 0 Å². The summed E-state index contributed by atoms with van der Waals surface area (Å²) in [6, 6.07) is 8.33. The normalized spacial score (nSPS) is 20.5. The van der Waals surface area contributed by atoms with Gasteiger partial charge in [0.1, 0.15) is 5.75 Å². The number of hydrogen-bond donors (Lipinski definition) is 1. The number of fused-ring (bicyclic) bond motifs is 1. The van der Waals surface area contributed by atoms with Crippen molar-refractivity contribution in [2.45, 2.75) is 31.1 Å². The second-order valence-corrected chi connectivity index (χ2v) is 5.15. The van der Waals surface area contributed by atoms with Crippen molar-refractivity contribution in [1.82, 2.24) is 5.32 Å². The minimum atomic E-state index is 0.241. The predicted octanol–water partition coefficient (Wildman–Crippen LogP) is 3.16. The van der Waals surface area contributed by atoms with Gasteiger partial charge in [-0.2, -0.15) is 0 Å². The zero-order valence-electron chi connectivity index (χ0n) is 10.3. The van der Waals surface area contributed by atoms with Crippen LogP contribution in [0.15, 0.2) is 24.3 Å². The van der Waals surface area contributed by atoms with Crippen molar-refractivity contribution in [3.05, 3.63) is 29.8 Å². The van der Waals surface area contributed by atoms with Gasteiger partial charge in [-0.25, -0.2) is 0 Å². The highest BCUT2D eigenvalue weighted by atomic mass is 35.5. The Balaban J connectivity index is 1.90. The fourth-order valence-electron chi connectivity index (χ4n) is 2.19. The highest BCUT2D eigenvalue weighted by molar-refractivity contribution is 6.20. The SMILES string of the molecule is CCC(Cl)CNCC1CCOc2ccccc21. The van der Waals surface area contributed by atoms with Crippen molar-refractivity contribution in [1.29, 1.82) is 0 Å². The summed E-state index contributed by atoms with van der Waals surface area (Å²) in [6.45, 7) is 4.81. The van der Waals surface area contributed by atoms with Crippen LogP contribution in [-0.2, 0) is 0 Å². The van der Waals surface area contributed by atoms with Crippen LogP contribution in [0.25, 0.3) is 0 Å². The van der Waals surface area contributed by atoms with E-state index >= 15 is 0 Å². The molecule has 94 valence electrons. The van der Waals surface area contributed by atoms with Gasteiger partial charge in [-0.3, -0.25) is 0 Å². The molecule has 1 aromatic carbocycles. The van der Waals surface area contributed by atoms with E-state index in [0.717, 1.165) is 38.3 Å². The summed E-state index contributed by atoms with van der Waals surface area (Å²) in [5, 5.41) is 3.70. The first kappa shape index (κ1) is 12.7. The summed E-state index contributed by atoms with van der Waals surface area (Å²) in [4.78, 5) is 0. The lowest BCUT2D eigenvalue weighted by Crippen LogP contribution is -2.29. The lowest BCUT2D eigenvalue weighted by atomic mass is 9.93. The molecule has 1 aliphatic rings. The summed E-state index contributed by atoms with van der Waals surface area (Å²) in [5.41, 5.74) is 1.33. The van der Waals surface area contributed by atoms with E-state index in [1.54, 1.807) is 0 Å². The molecule has 1 aromatic rings. The van der Waals surface area contributed by atoms with Crippen LogP contribution in [0.3, 0.4) is 0 Å². The fourth-order valence-corrected chi connectivity index (χ4v) is 2.30. The maximum atomic E-state index is 6.10. The largest absolute Gasteiger partial charge is 0.493 e. The molecule has 1 aliphatic heterocycles. The van der Waals surface area contributed by atoms with Crippen LogP contribution >= 0.6 is 11.6 Å². The van der Waals surface area contributed by atoms with Crippen molar-refractivity contribution in [3.63, 3.8) is 0 Å². The van der Waals surface area contributed by atoms with Crippen LogP contribution in [0, 0.1) is 0 Å². The van der Waals surface area contributed by atoms with Gasteiger partial charge in [0.25, 0.3) is 0 Å². The zero-order valence-corrected chi connectivity index (χ0v) is 11.0. The quantitative estimate of drug-likeness (QED) is 0.814. The lowest BCUT2D eigenvalue weighted by Gasteiger charge is -2.26. The second kappa shape index (κ2) is 6.27. The van der Waals surface area contributed by atoms with E-state index in [4.69, 9.17) is 16.3 Å². The van der Waals surface area contributed by atoms with Crippen molar-refractivity contribution < 1.29 is 4.74 Å². The molecule has 2 atom stereocenters. The van der Waals surface area contributed by atoms with Gasteiger partial charge in [-0.15, -0.1) is 11.6 Å². The molecule has 1 N–H and O–H groups in total. The number of alkyl halides is 1. The van der Waals surface area contributed by atoms with Gasteiger partial charge in [-0.05, 0) is 24.5 Å². The molecular formula is C14H20ClNO. The molecule has 0 spiro atoms. The van der Waals surface area contributed by atoms with Crippen LogP contribution in [0.2, 0.25) is 0 Å². The third-order valence-corrected chi connectivity index (χ3v) is 3.75. The smallest absolute Gasteiger partial charge is 0.122 e. The van der Waals surface area contributed by atoms with Crippen molar-refractivity contribution in [2.75, 3.05) is 19.7 Å². The summed E-state index contributed by atoms with van der Waals surface area (Å²) in [7, 11) is 0. The monoisotopic (exact) mass is 253 g/mol. The Morgan fingerprint density at radius 2 is 2.29 bits per heavy atom. The third kappa shape index (κ3) is 3.36. The molecule has 2 nitrogen and oxygen atoms in total. The minimum absolute atomic E-state index is 0.241. The molecule has 17 heavy (non-hydrogen) atoms. The van der Waals surface area contributed by atoms with Crippen LogP contribution in [0.4, 0.5) is 0 Å². The molecule has 0 aromatic heterocycles. The molecular weight excluding hydrogens is 234 g/mol. The Morgan fingerprint density at radius 1 is 1.47 bits per heavy atom. The number of rotatable bonds is 5. The first-order valence-electron chi connectivity index (χ1n) is 6.37. The van der Waals surface area contributed by atoms with E-state index in [2.05, 4.69) is 30.4 Å². The van der Waals surface area contributed by atoms with Gasteiger partial charge < -0.3 is 10.1 Å². The Morgan fingerprint density at radius 3 is 3.12 bits per heavy atom. The van der Waals surface area contributed by atoms with E-state index in [1.165, 1.54) is 5.56 Å². The molecule has 2 rings (SSSR count). The second-order valence-electron chi connectivity index (χ2n) is 4.54. The highest BCUT2D eigenvalue weighted by Gasteiger charge is 2.20.